The van der Waals surface area contributed by atoms with Crippen molar-refractivity contribution in [1.29, 1.82) is 0 Å². The van der Waals surface area contributed by atoms with Crippen molar-refractivity contribution in [1.82, 2.24) is 0 Å². The van der Waals surface area contributed by atoms with Crippen LogP contribution in [0.4, 0.5) is 0 Å². The van der Waals surface area contributed by atoms with Gasteiger partial charge in [0.05, 0.1) is 0 Å². The molecule has 0 radical (unpaired) electrons. The molecule has 4 rings (SSSR count). The van der Waals surface area contributed by atoms with Crippen LogP contribution in [-0.4, -0.2) is 46.9 Å². The van der Waals surface area contributed by atoms with E-state index >= 15 is 0 Å². The number of carbonyl (C=O) groups excluding carboxylic acids is 4. The highest BCUT2D eigenvalue weighted by Crippen LogP contribution is 2.67. The number of ether oxygens (including phenoxy) is 2. The first-order valence-corrected chi connectivity index (χ1v) is 11.4. The van der Waals surface area contributed by atoms with Gasteiger partial charge in [0, 0.05) is 30.6 Å². The number of fused-ring (bicyclic) bond motifs is 5. The molecule has 3 fully saturated rings. The van der Waals surface area contributed by atoms with Crippen molar-refractivity contribution in [3.63, 3.8) is 0 Å². The lowest BCUT2D eigenvalue weighted by Gasteiger charge is -2.60. The maximum absolute atomic E-state index is 13.1. The van der Waals surface area contributed by atoms with Crippen LogP contribution < -0.4 is 0 Å². The molecule has 4 aliphatic carbocycles. The second-order valence-corrected chi connectivity index (χ2v) is 10.4. The predicted octanol–water partition coefficient (Wildman–Crippen LogP) is 2.70. The van der Waals surface area contributed by atoms with Gasteiger partial charge in [-0.15, -0.1) is 0 Å². The quantitative estimate of drug-likeness (QED) is 0.664. The first kappa shape index (κ1) is 22.9. The molecule has 0 aliphatic heterocycles. The fraction of sp³-hybridized carbons (Fsp3) is 0.680. The number of esters is 2. The van der Waals surface area contributed by atoms with Gasteiger partial charge in [0.1, 0.15) is 11.7 Å². The monoisotopic (exact) mass is 444 g/mol. The first-order chi connectivity index (χ1) is 14.9. The molecule has 3 saturated carbocycles. The summed E-state index contributed by atoms with van der Waals surface area (Å²) in [6.07, 6.45) is 7.62. The number of Topliss-reactive ketones (excluding diaryl/α,β-unsaturated/α-hetero) is 1. The van der Waals surface area contributed by atoms with Gasteiger partial charge in [0.25, 0.3) is 0 Å². The van der Waals surface area contributed by atoms with Crippen LogP contribution in [0.3, 0.4) is 0 Å². The zero-order chi connectivity index (χ0) is 23.5. The Morgan fingerprint density at radius 3 is 2.53 bits per heavy atom. The fourth-order valence-electron chi connectivity index (χ4n) is 7.36. The van der Waals surface area contributed by atoms with Gasteiger partial charge in [-0.2, -0.15) is 0 Å². The summed E-state index contributed by atoms with van der Waals surface area (Å²) >= 11 is 0. The Balaban J connectivity index is 1.73. The van der Waals surface area contributed by atoms with Gasteiger partial charge in [-0.25, -0.2) is 0 Å². The Bertz CT molecular complexity index is 933. The van der Waals surface area contributed by atoms with Crippen LogP contribution in [0.15, 0.2) is 23.8 Å². The zero-order valence-electron chi connectivity index (χ0n) is 19.2. The maximum atomic E-state index is 13.1. The smallest absolute Gasteiger partial charge is 0.303 e. The molecular formula is C25H32O7. The molecule has 174 valence electrons. The predicted molar refractivity (Wildman–Crippen MR) is 114 cm³/mol. The van der Waals surface area contributed by atoms with Gasteiger partial charge in [-0.05, 0) is 56.1 Å². The minimum absolute atomic E-state index is 0.0214. The van der Waals surface area contributed by atoms with E-state index in [1.807, 2.05) is 13.0 Å². The standard InChI is InChI=1S/C25H32O7/c1-14(26)31-13-21(29)25(30)10-8-19-18-6-5-16-11-17(28)7-9-23(16,3)22(18)20(32-15(2)27)12-24(19,25)4/h7,9,11,18-20,22,30H,5-6,8,10,12-13H2,1-4H3/t18-,19-,20+,22+,23+,24-,25-/m1/s1. The van der Waals surface area contributed by atoms with Crippen LogP contribution >= 0.6 is 0 Å². The van der Waals surface area contributed by atoms with E-state index in [-0.39, 0.29) is 30.0 Å². The highest BCUT2D eigenvalue weighted by molar-refractivity contribution is 6.01. The molecule has 7 atom stereocenters. The number of aliphatic hydroxyl groups is 1. The lowest BCUT2D eigenvalue weighted by atomic mass is 9.46. The summed E-state index contributed by atoms with van der Waals surface area (Å²) in [6.45, 7) is 6.16. The van der Waals surface area contributed by atoms with E-state index in [4.69, 9.17) is 9.47 Å². The second-order valence-electron chi connectivity index (χ2n) is 10.4. The minimum atomic E-state index is -1.65. The van der Waals surface area contributed by atoms with Crippen LogP contribution in [0.1, 0.15) is 59.8 Å². The van der Waals surface area contributed by atoms with Gasteiger partial charge in [0.2, 0.25) is 5.78 Å². The van der Waals surface area contributed by atoms with Crippen LogP contribution in [0.5, 0.6) is 0 Å². The molecule has 1 N–H and O–H groups in total. The van der Waals surface area contributed by atoms with Gasteiger partial charge < -0.3 is 14.6 Å². The number of hydrogen-bond acceptors (Lipinski definition) is 7. The molecule has 0 aromatic rings. The molecule has 7 heteroatoms. The maximum Gasteiger partial charge on any atom is 0.303 e. The summed E-state index contributed by atoms with van der Waals surface area (Å²) in [7, 11) is 0. The number of rotatable bonds is 4. The zero-order valence-corrected chi connectivity index (χ0v) is 19.2. The van der Waals surface area contributed by atoms with E-state index in [0.717, 1.165) is 18.4 Å². The molecule has 0 saturated heterocycles. The van der Waals surface area contributed by atoms with Gasteiger partial charge in [-0.1, -0.05) is 25.5 Å². The largest absolute Gasteiger partial charge is 0.462 e. The number of ketones is 2. The van der Waals surface area contributed by atoms with Crippen LogP contribution in [0.25, 0.3) is 0 Å². The van der Waals surface area contributed by atoms with Gasteiger partial charge in [-0.3, -0.25) is 19.2 Å². The third kappa shape index (κ3) is 3.28. The van der Waals surface area contributed by atoms with Crippen LogP contribution in [-0.2, 0) is 28.7 Å². The van der Waals surface area contributed by atoms with Crippen molar-refractivity contribution < 1.29 is 33.8 Å². The summed E-state index contributed by atoms with van der Waals surface area (Å²) in [4.78, 5) is 48.4. The third-order valence-corrected chi connectivity index (χ3v) is 8.81. The molecule has 0 bridgehead atoms. The molecule has 0 aromatic carbocycles. The molecule has 0 spiro atoms. The Morgan fingerprint density at radius 2 is 1.88 bits per heavy atom. The number of carbonyl (C=O) groups is 4. The minimum Gasteiger partial charge on any atom is -0.462 e. The van der Waals surface area contributed by atoms with Crippen LogP contribution in [0.2, 0.25) is 0 Å². The summed E-state index contributed by atoms with van der Waals surface area (Å²) in [6, 6.07) is 0. The molecule has 0 heterocycles. The topological polar surface area (TPSA) is 107 Å². The summed E-state index contributed by atoms with van der Waals surface area (Å²) in [5.74, 6) is -1.36. The van der Waals surface area contributed by atoms with Crippen molar-refractivity contribution in [3.8, 4) is 0 Å². The summed E-state index contributed by atoms with van der Waals surface area (Å²) in [5, 5.41) is 11.6. The number of allylic oxidation sites excluding steroid dienone is 4. The summed E-state index contributed by atoms with van der Waals surface area (Å²) in [5.41, 5.74) is -1.81. The van der Waals surface area contributed by atoms with Crippen molar-refractivity contribution in [3.05, 3.63) is 23.8 Å². The Morgan fingerprint density at radius 1 is 1.16 bits per heavy atom. The molecule has 7 nitrogen and oxygen atoms in total. The van der Waals surface area contributed by atoms with E-state index in [0.29, 0.717) is 12.8 Å². The average molecular weight is 445 g/mol. The Kier molecular flexibility index (Phi) is 5.47. The first-order valence-electron chi connectivity index (χ1n) is 11.4. The molecular weight excluding hydrogens is 412 g/mol. The molecule has 0 unspecified atom stereocenters. The highest BCUT2D eigenvalue weighted by Gasteiger charge is 2.68. The average Bonchev–Trinajstić information content (AvgIpc) is 2.97. The van der Waals surface area contributed by atoms with Crippen molar-refractivity contribution in [2.45, 2.75) is 71.5 Å². The normalized spacial score (nSPS) is 42.3. The van der Waals surface area contributed by atoms with E-state index < -0.39 is 46.9 Å². The SMILES string of the molecule is CC(=O)OCC(=O)[C@]1(O)CC[C@@H]2[C@H]3CCC4=CC(=O)C=C[C@]4(C)[C@@H]3[C@@H](OC(C)=O)C[C@]21C. The van der Waals surface area contributed by atoms with Crippen molar-refractivity contribution >= 4 is 23.5 Å². The van der Waals surface area contributed by atoms with E-state index in [1.165, 1.54) is 13.8 Å². The lowest BCUT2D eigenvalue weighted by molar-refractivity contribution is -0.192. The third-order valence-electron chi connectivity index (χ3n) is 8.81. The van der Waals surface area contributed by atoms with E-state index in [1.54, 1.807) is 12.2 Å². The van der Waals surface area contributed by atoms with Gasteiger partial charge >= 0.3 is 11.9 Å². The van der Waals surface area contributed by atoms with E-state index in [2.05, 4.69) is 6.92 Å². The van der Waals surface area contributed by atoms with Gasteiger partial charge in [0.15, 0.2) is 12.4 Å². The summed E-state index contributed by atoms with van der Waals surface area (Å²) < 4.78 is 10.8. The van der Waals surface area contributed by atoms with E-state index in [9.17, 15) is 24.3 Å². The van der Waals surface area contributed by atoms with Crippen molar-refractivity contribution in [2.24, 2.45) is 28.6 Å². The number of hydrogen-bond donors (Lipinski definition) is 1. The van der Waals surface area contributed by atoms with Crippen LogP contribution in [0, 0.1) is 28.6 Å². The fourth-order valence-corrected chi connectivity index (χ4v) is 7.36. The molecule has 4 aliphatic rings. The van der Waals surface area contributed by atoms with Crippen molar-refractivity contribution in [2.75, 3.05) is 6.61 Å². The molecule has 32 heavy (non-hydrogen) atoms. The highest BCUT2D eigenvalue weighted by atomic mass is 16.5. The lowest BCUT2D eigenvalue weighted by Crippen LogP contribution is -2.62. The molecule has 0 amide bonds. The molecule has 0 aromatic heterocycles. The second kappa shape index (κ2) is 7.65. The Hall–Kier alpha value is -2.28. The Labute approximate surface area is 188 Å².